The summed E-state index contributed by atoms with van der Waals surface area (Å²) in [6.45, 7) is 0. The van der Waals surface area contributed by atoms with Crippen molar-refractivity contribution < 1.29 is 14.7 Å². The summed E-state index contributed by atoms with van der Waals surface area (Å²) in [5, 5.41) is 11.8. The molecule has 0 aliphatic carbocycles. The van der Waals surface area contributed by atoms with Crippen molar-refractivity contribution in [1.29, 1.82) is 0 Å². The number of halogens is 2. The lowest BCUT2D eigenvalue weighted by atomic mass is 10.1. The number of benzene rings is 1. The van der Waals surface area contributed by atoms with Gasteiger partial charge in [-0.3, -0.25) is 4.79 Å². The molecule has 20 heavy (non-hydrogen) atoms. The zero-order valence-corrected chi connectivity index (χ0v) is 12.3. The number of hydrogen-bond donors (Lipinski definition) is 2. The van der Waals surface area contributed by atoms with Gasteiger partial charge in [0.2, 0.25) is 0 Å². The van der Waals surface area contributed by atoms with Crippen LogP contribution in [0, 0.1) is 0 Å². The van der Waals surface area contributed by atoms with Gasteiger partial charge in [-0.15, -0.1) is 0 Å². The summed E-state index contributed by atoms with van der Waals surface area (Å²) in [5.74, 6) is -1.59. The third-order valence-electron chi connectivity index (χ3n) is 2.45. The molecular weight excluding hydrogens is 348 g/mol. The minimum absolute atomic E-state index is 0.00659. The minimum Gasteiger partial charge on any atom is -0.478 e. The highest BCUT2D eigenvalue weighted by atomic mass is 79.9. The highest BCUT2D eigenvalue weighted by Gasteiger charge is 2.14. The average molecular weight is 356 g/mol. The smallest absolute Gasteiger partial charge is 0.337 e. The van der Waals surface area contributed by atoms with Crippen LogP contribution in [-0.2, 0) is 0 Å². The second-order valence-electron chi connectivity index (χ2n) is 3.82. The molecule has 0 bridgehead atoms. The van der Waals surface area contributed by atoms with Gasteiger partial charge < -0.3 is 10.4 Å². The number of carboxylic acid groups (broad SMARTS) is 1. The van der Waals surface area contributed by atoms with Crippen LogP contribution < -0.4 is 5.32 Å². The molecule has 2 N–H and O–H groups in total. The van der Waals surface area contributed by atoms with Crippen molar-refractivity contribution in [2.24, 2.45) is 0 Å². The van der Waals surface area contributed by atoms with Crippen molar-refractivity contribution in [1.82, 2.24) is 4.98 Å². The molecular formula is C13H8BrClN2O3. The molecule has 0 aliphatic rings. The van der Waals surface area contributed by atoms with Gasteiger partial charge in [0.25, 0.3) is 5.91 Å². The normalized spacial score (nSPS) is 10.1. The molecule has 0 saturated carbocycles. The first-order chi connectivity index (χ1) is 9.47. The fourth-order valence-corrected chi connectivity index (χ4v) is 2.08. The van der Waals surface area contributed by atoms with Crippen LogP contribution in [0.25, 0.3) is 0 Å². The summed E-state index contributed by atoms with van der Waals surface area (Å²) >= 11 is 8.89. The number of pyridine rings is 1. The van der Waals surface area contributed by atoms with Gasteiger partial charge in [-0.25, -0.2) is 9.78 Å². The minimum atomic E-state index is -1.13. The first-order valence-electron chi connectivity index (χ1n) is 5.43. The standard InChI is InChI=1S/C13H8BrClN2O3/c14-8-1-2-10(9(6-8)13(19)20)17-12(18)7-3-4-16-11(15)5-7/h1-6H,(H,17,18)(H,19,20). The van der Waals surface area contributed by atoms with Crippen LogP contribution in [0.1, 0.15) is 20.7 Å². The molecule has 102 valence electrons. The predicted octanol–water partition coefficient (Wildman–Crippen LogP) is 3.45. The van der Waals surface area contributed by atoms with Crippen LogP contribution in [0.4, 0.5) is 5.69 Å². The zero-order valence-electron chi connectivity index (χ0n) is 9.93. The van der Waals surface area contributed by atoms with E-state index >= 15 is 0 Å². The Bertz CT molecular complexity index is 691. The van der Waals surface area contributed by atoms with Crippen molar-refractivity contribution in [3.05, 3.63) is 57.3 Å². The van der Waals surface area contributed by atoms with E-state index in [9.17, 15) is 9.59 Å². The first kappa shape index (κ1) is 14.5. The number of anilines is 1. The van der Waals surface area contributed by atoms with Crippen molar-refractivity contribution in [2.45, 2.75) is 0 Å². The number of carbonyl (C=O) groups excluding carboxylic acids is 1. The van der Waals surface area contributed by atoms with Gasteiger partial charge in [0.1, 0.15) is 5.15 Å². The summed E-state index contributed by atoms with van der Waals surface area (Å²) in [6, 6.07) is 7.45. The monoisotopic (exact) mass is 354 g/mol. The lowest BCUT2D eigenvalue weighted by molar-refractivity contribution is 0.0698. The maximum Gasteiger partial charge on any atom is 0.337 e. The molecule has 0 aliphatic heterocycles. The number of aromatic carboxylic acids is 1. The molecule has 0 saturated heterocycles. The van der Waals surface area contributed by atoms with Gasteiger partial charge in [-0.1, -0.05) is 27.5 Å². The Morgan fingerprint density at radius 2 is 2.00 bits per heavy atom. The fourth-order valence-electron chi connectivity index (χ4n) is 1.54. The number of nitrogens with zero attached hydrogens (tertiary/aromatic N) is 1. The van der Waals surface area contributed by atoms with Crippen molar-refractivity contribution >= 4 is 45.1 Å². The van der Waals surface area contributed by atoms with E-state index < -0.39 is 11.9 Å². The summed E-state index contributed by atoms with van der Waals surface area (Å²) in [6.07, 6.45) is 1.40. The molecule has 1 heterocycles. The third kappa shape index (κ3) is 3.34. The van der Waals surface area contributed by atoms with Crippen LogP contribution in [0.15, 0.2) is 41.0 Å². The SMILES string of the molecule is O=C(Nc1ccc(Br)cc1C(=O)O)c1ccnc(Cl)c1. The molecule has 1 aromatic heterocycles. The Morgan fingerprint density at radius 1 is 1.25 bits per heavy atom. The zero-order chi connectivity index (χ0) is 14.7. The lowest BCUT2D eigenvalue weighted by Gasteiger charge is -2.09. The molecule has 0 unspecified atom stereocenters. The van der Waals surface area contributed by atoms with Crippen LogP contribution in [0.3, 0.4) is 0 Å². The quantitative estimate of drug-likeness (QED) is 0.827. The Morgan fingerprint density at radius 3 is 2.65 bits per heavy atom. The third-order valence-corrected chi connectivity index (χ3v) is 3.15. The Balaban J connectivity index is 2.30. The predicted molar refractivity (Wildman–Crippen MR) is 78.3 cm³/mol. The van der Waals surface area contributed by atoms with E-state index in [2.05, 4.69) is 26.2 Å². The number of carboxylic acids is 1. The molecule has 5 nitrogen and oxygen atoms in total. The van der Waals surface area contributed by atoms with Gasteiger partial charge >= 0.3 is 5.97 Å². The van der Waals surface area contributed by atoms with E-state index in [1.54, 1.807) is 6.07 Å². The number of aromatic nitrogens is 1. The van der Waals surface area contributed by atoms with E-state index in [0.717, 1.165) is 0 Å². The molecule has 0 atom stereocenters. The maximum absolute atomic E-state index is 12.0. The molecule has 0 fully saturated rings. The summed E-state index contributed by atoms with van der Waals surface area (Å²) in [5.41, 5.74) is 0.496. The number of rotatable bonds is 3. The van der Waals surface area contributed by atoms with Gasteiger partial charge in [0.15, 0.2) is 0 Å². The van der Waals surface area contributed by atoms with Gasteiger partial charge in [-0.05, 0) is 30.3 Å². The van der Waals surface area contributed by atoms with Gasteiger partial charge in [-0.2, -0.15) is 0 Å². The van der Waals surface area contributed by atoms with Crippen LogP contribution in [0.2, 0.25) is 5.15 Å². The molecule has 0 spiro atoms. The van der Waals surface area contributed by atoms with E-state index in [1.807, 2.05) is 0 Å². The Hall–Kier alpha value is -1.92. The van der Waals surface area contributed by atoms with Crippen LogP contribution in [0.5, 0.6) is 0 Å². The molecule has 2 aromatic rings. The Kier molecular flexibility index (Phi) is 4.36. The fraction of sp³-hybridized carbons (Fsp3) is 0. The molecule has 7 heteroatoms. The molecule has 2 rings (SSSR count). The summed E-state index contributed by atoms with van der Waals surface area (Å²) < 4.78 is 0.611. The van der Waals surface area contributed by atoms with E-state index in [1.165, 1.54) is 30.5 Å². The highest BCUT2D eigenvalue weighted by Crippen LogP contribution is 2.22. The molecule has 1 amide bonds. The number of carbonyl (C=O) groups is 2. The van der Waals surface area contributed by atoms with E-state index in [4.69, 9.17) is 16.7 Å². The largest absolute Gasteiger partial charge is 0.478 e. The second-order valence-corrected chi connectivity index (χ2v) is 5.12. The number of amides is 1. The first-order valence-corrected chi connectivity index (χ1v) is 6.60. The van der Waals surface area contributed by atoms with Crippen LogP contribution in [-0.4, -0.2) is 22.0 Å². The molecule has 0 radical (unpaired) electrons. The Labute approximate surface area is 127 Å². The lowest BCUT2D eigenvalue weighted by Crippen LogP contribution is -2.15. The summed E-state index contributed by atoms with van der Waals surface area (Å²) in [7, 11) is 0. The topological polar surface area (TPSA) is 79.3 Å². The second kappa shape index (κ2) is 6.02. The average Bonchev–Trinajstić information content (AvgIpc) is 2.40. The van der Waals surface area contributed by atoms with E-state index in [0.29, 0.717) is 10.0 Å². The van der Waals surface area contributed by atoms with Crippen LogP contribution >= 0.6 is 27.5 Å². The van der Waals surface area contributed by atoms with Crippen molar-refractivity contribution in [3.63, 3.8) is 0 Å². The van der Waals surface area contributed by atoms with Gasteiger partial charge in [0.05, 0.1) is 11.3 Å². The van der Waals surface area contributed by atoms with Crippen molar-refractivity contribution in [2.75, 3.05) is 5.32 Å². The maximum atomic E-state index is 12.0. The number of hydrogen-bond acceptors (Lipinski definition) is 3. The highest BCUT2D eigenvalue weighted by molar-refractivity contribution is 9.10. The molecule has 1 aromatic carbocycles. The van der Waals surface area contributed by atoms with Gasteiger partial charge in [0, 0.05) is 16.2 Å². The number of nitrogens with one attached hydrogen (secondary N) is 1. The summed E-state index contributed by atoms with van der Waals surface area (Å²) in [4.78, 5) is 26.9. The van der Waals surface area contributed by atoms with E-state index in [-0.39, 0.29) is 16.4 Å². The van der Waals surface area contributed by atoms with Crippen molar-refractivity contribution in [3.8, 4) is 0 Å².